The first-order chi connectivity index (χ1) is 8.66. The zero-order valence-corrected chi connectivity index (χ0v) is 9.29. The van der Waals surface area contributed by atoms with Crippen LogP contribution in [0.15, 0.2) is 41.5 Å². The average molecular weight is 242 g/mol. The van der Waals surface area contributed by atoms with Crippen LogP contribution in [0.5, 0.6) is 0 Å². The molecule has 0 aliphatic carbocycles. The number of hydrogen-bond donors (Lipinski definition) is 3. The molecule has 0 unspecified atom stereocenters. The molecule has 2 aromatic heterocycles. The number of aromatic amines is 1. The average Bonchev–Trinajstić information content (AvgIpc) is 2.38. The Bertz CT molecular complexity index is 793. The zero-order chi connectivity index (χ0) is 12.7. The first-order valence-corrected chi connectivity index (χ1v) is 5.42. The van der Waals surface area contributed by atoms with E-state index in [1.807, 2.05) is 0 Å². The third-order valence-electron chi connectivity index (χ3n) is 2.95. The van der Waals surface area contributed by atoms with Gasteiger partial charge in [0.05, 0.1) is 5.39 Å². The van der Waals surface area contributed by atoms with E-state index in [-0.39, 0.29) is 5.56 Å². The van der Waals surface area contributed by atoms with Gasteiger partial charge < -0.3 is 15.2 Å². The van der Waals surface area contributed by atoms with Crippen LogP contribution < -0.4 is 5.56 Å². The topological polar surface area (TPSA) is 86.2 Å². The number of aromatic nitrogens is 2. The molecule has 5 heteroatoms. The van der Waals surface area contributed by atoms with Gasteiger partial charge in [-0.2, -0.15) is 0 Å². The van der Waals surface area contributed by atoms with Crippen molar-refractivity contribution < 1.29 is 10.2 Å². The highest BCUT2D eigenvalue weighted by Gasteiger charge is 2.08. The maximum atomic E-state index is 11.9. The second-order valence-corrected chi connectivity index (χ2v) is 4.05. The molecule has 0 spiro atoms. The molecule has 0 fully saturated rings. The van der Waals surface area contributed by atoms with Crippen LogP contribution in [0, 0.1) is 0 Å². The van der Waals surface area contributed by atoms with Crippen LogP contribution in [0.1, 0.15) is 11.9 Å². The van der Waals surface area contributed by atoms with Gasteiger partial charge in [-0.25, -0.2) is 0 Å². The van der Waals surface area contributed by atoms with E-state index >= 15 is 0 Å². The fourth-order valence-corrected chi connectivity index (χ4v) is 2.06. The summed E-state index contributed by atoms with van der Waals surface area (Å²) in [6.07, 6.45) is 1.59. The molecular formula is C13H10N2O3. The van der Waals surface area contributed by atoms with Crippen molar-refractivity contribution in [2.24, 2.45) is 0 Å². The summed E-state index contributed by atoms with van der Waals surface area (Å²) in [6, 6.07) is 6.69. The maximum Gasteiger partial charge on any atom is 0.257 e. The molecule has 0 aliphatic rings. The Balaban J connectivity index is 2.46. The van der Waals surface area contributed by atoms with Crippen molar-refractivity contribution in [1.29, 1.82) is 0 Å². The smallest absolute Gasteiger partial charge is 0.257 e. The molecule has 0 amide bonds. The molecule has 90 valence electrons. The number of pyridine rings is 2. The number of fused-ring (bicyclic) bond motifs is 3. The van der Waals surface area contributed by atoms with E-state index in [4.69, 9.17) is 10.2 Å². The normalized spacial score (nSPS) is 11.5. The Morgan fingerprint density at radius 1 is 1.11 bits per heavy atom. The molecule has 1 aromatic carbocycles. The second-order valence-electron chi connectivity index (χ2n) is 4.05. The van der Waals surface area contributed by atoms with Gasteiger partial charge in [0.1, 0.15) is 0 Å². The Morgan fingerprint density at radius 2 is 1.94 bits per heavy atom. The monoisotopic (exact) mass is 242 g/mol. The maximum absolute atomic E-state index is 11.9. The van der Waals surface area contributed by atoms with Gasteiger partial charge in [0.15, 0.2) is 6.29 Å². The summed E-state index contributed by atoms with van der Waals surface area (Å²) in [6.45, 7) is 0. The molecule has 18 heavy (non-hydrogen) atoms. The molecule has 3 aromatic rings. The van der Waals surface area contributed by atoms with E-state index in [1.54, 1.807) is 30.5 Å². The molecule has 5 nitrogen and oxygen atoms in total. The quantitative estimate of drug-likeness (QED) is 0.440. The fraction of sp³-hybridized carbons (Fsp3) is 0.0769. The van der Waals surface area contributed by atoms with Crippen LogP contribution in [-0.4, -0.2) is 20.2 Å². The first-order valence-electron chi connectivity index (χ1n) is 5.42. The lowest BCUT2D eigenvalue weighted by molar-refractivity contribution is -0.0423. The summed E-state index contributed by atoms with van der Waals surface area (Å²) in [5.41, 5.74) is 0.672. The van der Waals surface area contributed by atoms with E-state index in [9.17, 15) is 4.79 Å². The fourth-order valence-electron chi connectivity index (χ4n) is 2.06. The summed E-state index contributed by atoms with van der Waals surface area (Å²) < 4.78 is 0. The summed E-state index contributed by atoms with van der Waals surface area (Å²) >= 11 is 0. The van der Waals surface area contributed by atoms with Gasteiger partial charge in [-0.05, 0) is 17.5 Å². The number of benzene rings is 1. The molecule has 0 aliphatic heterocycles. The van der Waals surface area contributed by atoms with Gasteiger partial charge in [-0.1, -0.05) is 12.1 Å². The minimum atomic E-state index is -1.55. The van der Waals surface area contributed by atoms with Crippen LogP contribution >= 0.6 is 0 Å². The highest BCUT2D eigenvalue weighted by Crippen LogP contribution is 2.22. The number of aliphatic hydroxyl groups is 2. The van der Waals surface area contributed by atoms with E-state index in [0.717, 1.165) is 10.8 Å². The van der Waals surface area contributed by atoms with Crippen LogP contribution in [0.3, 0.4) is 0 Å². The minimum Gasteiger partial charge on any atom is -0.364 e. The van der Waals surface area contributed by atoms with Gasteiger partial charge >= 0.3 is 0 Å². The minimum absolute atomic E-state index is 0.241. The van der Waals surface area contributed by atoms with E-state index < -0.39 is 6.29 Å². The van der Waals surface area contributed by atoms with Crippen molar-refractivity contribution in [3.63, 3.8) is 0 Å². The van der Waals surface area contributed by atoms with Crippen molar-refractivity contribution in [2.75, 3.05) is 0 Å². The Morgan fingerprint density at radius 3 is 2.72 bits per heavy atom. The summed E-state index contributed by atoms with van der Waals surface area (Å²) in [5.74, 6) is 0. The van der Waals surface area contributed by atoms with Crippen molar-refractivity contribution in [3.8, 4) is 0 Å². The van der Waals surface area contributed by atoms with Crippen molar-refractivity contribution in [1.82, 2.24) is 9.97 Å². The molecule has 0 radical (unpaired) electrons. The lowest BCUT2D eigenvalue weighted by atomic mass is 10.1. The molecule has 0 saturated heterocycles. The third-order valence-corrected chi connectivity index (χ3v) is 2.95. The van der Waals surface area contributed by atoms with Crippen LogP contribution in [-0.2, 0) is 0 Å². The highest BCUT2D eigenvalue weighted by molar-refractivity contribution is 6.04. The van der Waals surface area contributed by atoms with Gasteiger partial charge in [0, 0.05) is 28.9 Å². The number of aliphatic hydroxyl groups excluding tert-OH is 1. The predicted molar refractivity (Wildman–Crippen MR) is 67.0 cm³/mol. The van der Waals surface area contributed by atoms with Crippen molar-refractivity contribution in [2.45, 2.75) is 6.29 Å². The molecule has 2 heterocycles. The molecule has 3 rings (SSSR count). The van der Waals surface area contributed by atoms with Gasteiger partial charge in [-0.15, -0.1) is 0 Å². The summed E-state index contributed by atoms with van der Waals surface area (Å²) in [7, 11) is 0. The molecule has 0 bridgehead atoms. The zero-order valence-electron chi connectivity index (χ0n) is 9.29. The third kappa shape index (κ3) is 1.57. The molecule has 0 saturated carbocycles. The van der Waals surface area contributed by atoms with E-state index in [2.05, 4.69) is 9.97 Å². The number of H-pyrrole nitrogens is 1. The Labute approximate surface area is 101 Å². The predicted octanol–water partition coefficient (Wildman–Crippen LogP) is 1.06. The molecule has 0 atom stereocenters. The second kappa shape index (κ2) is 3.90. The van der Waals surface area contributed by atoms with Crippen LogP contribution in [0.4, 0.5) is 0 Å². The Hall–Kier alpha value is -2.24. The summed E-state index contributed by atoms with van der Waals surface area (Å²) in [4.78, 5) is 18.5. The van der Waals surface area contributed by atoms with Crippen molar-refractivity contribution >= 4 is 21.7 Å². The van der Waals surface area contributed by atoms with Gasteiger partial charge in [0.25, 0.3) is 5.56 Å². The number of nitrogens with one attached hydrogen (secondary N) is 1. The molecule has 3 N–H and O–H groups in total. The number of hydrogen-bond acceptors (Lipinski definition) is 4. The SMILES string of the molecule is O=c1[nH]c2cc(C(O)O)ccc2c2ccncc12. The lowest BCUT2D eigenvalue weighted by Gasteiger charge is -2.07. The lowest BCUT2D eigenvalue weighted by Crippen LogP contribution is -2.07. The summed E-state index contributed by atoms with van der Waals surface area (Å²) in [5, 5.41) is 20.4. The first kappa shape index (κ1) is 10.9. The number of nitrogens with zero attached hydrogens (tertiary/aromatic N) is 1. The number of rotatable bonds is 1. The van der Waals surface area contributed by atoms with Gasteiger partial charge in [0.2, 0.25) is 0 Å². The van der Waals surface area contributed by atoms with E-state index in [0.29, 0.717) is 16.5 Å². The van der Waals surface area contributed by atoms with Crippen LogP contribution in [0.2, 0.25) is 0 Å². The van der Waals surface area contributed by atoms with Crippen molar-refractivity contribution in [3.05, 3.63) is 52.6 Å². The van der Waals surface area contributed by atoms with Gasteiger partial charge in [-0.3, -0.25) is 9.78 Å². The van der Waals surface area contributed by atoms with Crippen LogP contribution in [0.25, 0.3) is 21.7 Å². The largest absolute Gasteiger partial charge is 0.364 e. The standard InChI is InChI=1S/C13H10N2O3/c16-12-10-6-14-4-3-8(10)9-2-1-7(13(17)18)5-11(9)15-12/h1-6,13,17-18H,(H,15,16). The molecular weight excluding hydrogens is 232 g/mol. The Kier molecular flexibility index (Phi) is 2.36. The highest BCUT2D eigenvalue weighted by atomic mass is 16.5. The van der Waals surface area contributed by atoms with E-state index in [1.165, 1.54) is 6.20 Å².